The van der Waals surface area contributed by atoms with E-state index in [0.29, 0.717) is 24.3 Å². The van der Waals surface area contributed by atoms with Crippen molar-refractivity contribution >= 4 is 6.29 Å². The Morgan fingerprint density at radius 1 is 0.962 bits per heavy atom. The average molecular weight is 357 g/mol. The normalized spacial score (nSPS) is 11.2. The molecule has 0 saturated carbocycles. The first-order chi connectivity index (χ1) is 12.5. The summed E-state index contributed by atoms with van der Waals surface area (Å²) in [7, 11) is 0. The summed E-state index contributed by atoms with van der Waals surface area (Å²) >= 11 is 0. The largest absolute Gasteiger partial charge is 0.473 e. The Morgan fingerprint density at radius 2 is 1.73 bits per heavy atom. The molecule has 0 radical (unpaired) electrons. The first-order valence-electron chi connectivity index (χ1n) is 7.76. The summed E-state index contributed by atoms with van der Waals surface area (Å²) in [4.78, 5) is 15.1. The fourth-order valence-electron chi connectivity index (χ4n) is 2.42. The van der Waals surface area contributed by atoms with Gasteiger partial charge >= 0.3 is 6.18 Å². The van der Waals surface area contributed by atoms with Gasteiger partial charge in [0.1, 0.15) is 12.9 Å². The fraction of sp³-hybridized carbons (Fsp3) is 0.100. The first-order valence-corrected chi connectivity index (χ1v) is 7.76. The lowest BCUT2D eigenvalue weighted by Crippen LogP contribution is -2.06. The summed E-state index contributed by atoms with van der Waals surface area (Å²) in [6, 6.07) is 15.9. The molecule has 1 heterocycles. The molecule has 0 aliphatic rings. The number of hydrogen-bond acceptors (Lipinski definition) is 3. The number of rotatable bonds is 5. The minimum atomic E-state index is -4.53. The lowest BCUT2D eigenvalue weighted by Gasteiger charge is -2.11. The summed E-state index contributed by atoms with van der Waals surface area (Å²) in [5.41, 5.74) is 0.794. The molecular formula is C20H14F3NO2. The van der Waals surface area contributed by atoms with Gasteiger partial charge in [-0.3, -0.25) is 4.79 Å². The number of halogens is 3. The maximum absolute atomic E-state index is 13.0. The zero-order valence-electron chi connectivity index (χ0n) is 13.5. The second-order valence-corrected chi connectivity index (χ2v) is 5.62. The Labute approximate surface area is 148 Å². The van der Waals surface area contributed by atoms with Crippen LogP contribution < -0.4 is 4.74 Å². The maximum Gasteiger partial charge on any atom is 0.416 e. The first kappa shape index (κ1) is 17.7. The molecule has 0 bridgehead atoms. The second kappa shape index (κ2) is 7.39. The molecule has 0 spiro atoms. The summed E-state index contributed by atoms with van der Waals surface area (Å²) in [5.74, 6) is 0.361. The van der Waals surface area contributed by atoms with E-state index in [9.17, 15) is 18.0 Å². The molecule has 26 heavy (non-hydrogen) atoms. The molecule has 0 amide bonds. The van der Waals surface area contributed by atoms with E-state index in [-0.39, 0.29) is 11.1 Å². The monoisotopic (exact) mass is 357 g/mol. The van der Waals surface area contributed by atoms with Gasteiger partial charge in [0.15, 0.2) is 0 Å². The molecule has 1 aromatic heterocycles. The number of aromatic nitrogens is 1. The smallest absolute Gasteiger partial charge is 0.416 e. The Morgan fingerprint density at radius 3 is 2.35 bits per heavy atom. The predicted molar refractivity (Wildman–Crippen MR) is 90.8 cm³/mol. The Hall–Kier alpha value is -3.15. The molecule has 0 aliphatic heterocycles. The van der Waals surface area contributed by atoms with E-state index >= 15 is 0 Å². The molecule has 132 valence electrons. The van der Waals surface area contributed by atoms with Crippen LogP contribution in [0.4, 0.5) is 13.2 Å². The number of hydrogen-bond donors (Lipinski definition) is 0. The van der Waals surface area contributed by atoms with Gasteiger partial charge in [0.2, 0.25) is 5.88 Å². The quantitative estimate of drug-likeness (QED) is 0.592. The maximum atomic E-state index is 13.0. The molecule has 2 aromatic carbocycles. The highest BCUT2D eigenvalue weighted by Gasteiger charge is 2.31. The zero-order valence-corrected chi connectivity index (χ0v) is 13.5. The lowest BCUT2D eigenvalue weighted by atomic mass is 10.0. The van der Waals surface area contributed by atoms with E-state index in [2.05, 4.69) is 4.98 Å². The number of carbonyl (C=O) groups is 1. The number of alkyl halides is 3. The minimum Gasteiger partial charge on any atom is -0.473 e. The molecule has 0 saturated heterocycles. The molecule has 6 heteroatoms. The average Bonchev–Trinajstić information content (AvgIpc) is 2.66. The Balaban J connectivity index is 1.81. The molecule has 0 aliphatic carbocycles. The number of pyridine rings is 1. The number of benzene rings is 2. The van der Waals surface area contributed by atoms with Crippen LogP contribution in [0.5, 0.6) is 5.88 Å². The Bertz CT molecular complexity index is 891. The third kappa shape index (κ3) is 4.27. The van der Waals surface area contributed by atoms with Gasteiger partial charge in [0.05, 0.1) is 5.56 Å². The second-order valence-electron chi connectivity index (χ2n) is 5.62. The third-order valence-corrected chi connectivity index (χ3v) is 3.72. The standard InChI is InChI=1S/C20H14F3NO2/c21-20(22,23)18-9-15(12-25)8-17(10-18)16-6-7-19(24-11-16)26-13-14-4-2-1-3-5-14/h1-12H,13H2. The van der Waals surface area contributed by atoms with Crippen molar-refractivity contribution in [1.29, 1.82) is 0 Å². The molecule has 0 unspecified atom stereocenters. The van der Waals surface area contributed by atoms with Crippen LogP contribution in [0.1, 0.15) is 21.5 Å². The van der Waals surface area contributed by atoms with Crippen LogP contribution in [0.2, 0.25) is 0 Å². The molecule has 0 N–H and O–H groups in total. The van der Waals surface area contributed by atoms with Crippen molar-refractivity contribution in [3.8, 4) is 17.0 Å². The van der Waals surface area contributed by atoms with Crippen LogP contribution >= 0.6 is 0 Å². The minimum absolute atomic E-state index is 0.0424. The van der Waals surface area contributed by atoms with Crippen molar-refractivity contribution in [3.05, 3.63) is 83.6 Å². The molecule has 0 fully saturated rings. The highest BCUT2D eigenvalue weighted by atomic mass is 19.4. The van der Waals surface area contributed by atoms with Crippen molar-refractivity contribution in [2.75, 3.05) is 0 Å². The van der Waals surface area contributed by atoms with E-state index in [1.807, 2.05) is 30.3 Å². The van der Waals surface area contributed by atoms with Gasteiger partial charge in [-0.2, -0.15) is 13.2 Å². The number of carbonyl (C=O) groups excluding carboxylic acids is 1. The van der Waals surface area contributed by atoms with Gasteiger partial charge in [-0.05, 0) is 35.4 Å². The van der Waals surface area contributed by atoms with Crippen molar-refractivity contribution < 1.29 is 22.7 Å². The topological polar surface area (TPSA) is 39.2 Å². The van der Waals surface area contributed by atoms with E-state index in [1.54, 1.807) is 12.1 Å². The van der Waals surface area contributed by atoms with Crippen LogP contribution in [-0.4, -0.2) is 11.3 Å². The number of aldehydes is 1. The van der Waals surface area contributed by atoms with Gasteiger partial charge in [0.25, 0.3) is 0 Å². The number of ether oxygens (including phenoxy) is 1. The molecule has 0 atom stereocenters. The van der Waals surface area contributed by atoms with Crippen molar-refractivity contribution in [2.24, 2.45) is 0 Å². The highest BCUT2D eigenvalue weighted by Crippen LogP contribution is 2.33. The lowest BCUT2D eigenvalue weighted by molar-refractivity contribution is -0.137. The van der Waals surface area contributed by atoms with E-state index < -0.39 is 11.7 Å². The van der Waals surface area contributed by atoms with Crippen LogP contribution in [-0.2, 0) is 12.8 Å². The SMILES string of the molecule is O=Cc1cc(-c2ccc(OCc3ccccc3)nc2)cc(C(F)(F)F)c1. The van der Waals surface area contributed by atoms with Crippen LogP contribution in [0.25, 0.3) is 11.1 Å². The predicted octanol–water partition coefficient (Wildman–Crippen LogP) is 5.16. The fourth-order valence-corrected chi connectivity index (χ4v) is 2.42. The summed E-state index contributed by atoms with van der Waals surface area (Å²) in [6.45, 7) is 0.339. The van der Waals surface area contributed by atoms with Crippen LogP contribution in [0.3, 0.4) is 0 Å². The molecule has 3 nitrogen and oxygen atoms in total. The van der Waals surface area contributed by atoms with Gasteiger partial charge < -0.3 is 4.74 Å². The zero-order chi connectivity index (χ0) is 18.6. The van der Waals surface area contributed by atoms with E-state index in [0.717, 1.165) is 17.7 Å². The number of nitrogens with zero attached hydrogens (tertiary/aromatic N) is 1. The van der Waals surface area contributed by atoms with Crippen molar-refractivity contribution in [1.82, 2.24) is 4.98 Å². The van der Waals surface area contributed by atoms with Crippen molar-refractivity contribution in [3.63, 3.8) is 0 Å². The molecule has 3 aromatic rings. The Kier molecular flexibility index (Phi) is 5.02. The third-order valence-electron chi connectivity index (χ3n) is 3.72. The van der Waals surface area contributed by atoms with Crippen LogP contribution in [0, 0.1) is 0 Å². The summed E-state index contributed by atoms with van der Waals surface area (Å²) < 4.78 is 44.5. The van der Waals surface area contributed by atoms with Gasteiger partial charge in [-0.15, -0.1) is 0 Å². The summed E-state index contributed by atoms with van der Waals surface area (Å²) in [5, 5.41) is 0. The summed E-state index contributed by atoms with van der Waals surface area (Å²) in [6.07, 6.45) is -2.71. The van der Waals surface area contributed by atoms with E-state index in [4.69, 9.17) is 4.74 Å². The van der Waals surface area contributed by atoms with Crippen molar-refractivity contribution in [2.45, 2.75) is 12.8 Å². The van der Waals surface area contributed by atoms with E-state index in [1.165, 1.54) is 12.3 Å². The molecular weight excluding hydrogens is 343 g/mol. The molecule has 3 rings (SSSR count). The van der Waals surface area contributed by atoms with Gasteiger partial charge in [-0.1, -0.05) is 30.3 Å². The van der Waals surface area contributed by atoms with Gasteiger partial charge in [-0.25, -0.2) is 4.98 Å². The van der Waals surface area contributed by atoms with Crippen LogP contribution in [0.15, 0.2) is 66.9 Å². The van der Waals surface area contributed by atoms with Gasteiger partial charge in [0, 0.05) is 23.4 Å². The highest BCUT2D eigenvalue weighted by molar-refractivity contribution is 5.79.